The van der Waals surface area contributed by atoms with Crippen LogP contribution >= 0.6 is 0 Å². The Kier molecular flexibility index (Phi) is 4.76. The Bertz CT molecular complexity index is 680. The van der Waals surface area contributed by atoms with E-state index >= 15 is 0 Å². The number of amides is 2. The van der Waals surface area contributed by atoms with E-state index in [1.54, 1.807) is 0 Å². The monoisotopic (exact) mass is 358 g/mol. The SMILES string of the molecule is CC(C)[C@@H]1CC[C@@]2(c3ccccc3)C[C@@H](NC(=O)OC(C)(C)C)C(=O)N12. The van der Waals surface area contributed by atoms with Crippen molar-refractivity contribution in [2.45, 2.75) is 77.1 Å². The number of hydrogen-bond donors (Lipinski definition) is 1. The van der Waals surface area contributed by atoms with E-state index in [-0.39, 0.29) is 17.5 Å². The number of carbonyl (C=O) groups excluding carboxylic acids is 2. The molecule has 3 atom stereocenters. The number of nitrogens with one attached hydrogen (secondary N) is 1. The van der Waals surface area contributed by atoms with Crippen LogP contribution in [0, 0.1) is 5.92 Å². The van der Waals surface area contributed by atoms with Crippen LogP contribution in [0.1, 0.15) is 59.4 Å². The molecule has 0 radical (unpaired) electrons. The maximum absolute atomic E-state index is 13.2. The van der Waals surface area contributed by atoms with Gasteiger partial charge in [-0.15, -0.1) is 0 Å². The molecule has 0 aliphatic carbocycles. The first-order valence-electron chi connectivity index (χ1n) is 9.52. The van der Waals surface area contributed by atoms with Crippen LogP contribution in [0.4, 0.5) is 4.79 Å². The average molecular weight is 358 g/mol. The van der Waals surface area contributed by atoms with Crippen molar-refractivity contribution in [3.8, 4) is 0 Å². The summed E-state index contributed by atoms with van der Waals surface area (Å²) in [6.07, 6.45) is 2.00. The molecule has 5 heteroatoms. The molecule has 2 aliphatic rings. The summed E-state index contributed by atoms with van der Waals surface area (Å²) in [5.41, 5.74) is 0.247. The Labute approximate surface area is 156 Å². The van der Waals surface area contributed by atoms with E-state index in [2.05, 4.69) is 36.2 Å². The smallest absolute Gasteiger partial charge is 0.408 e. The van der Waals surface area contributed by atoms with Crippen molar-refractivity contribution in [1.29, 1.82) is 0 Å². The zero-order chi connectivity index (χ0) is 19.1. The van der Waals surface area contributed by atoms with E-state index < -0.39 is 17.7 Å². The molecule has 0 saturated carbocycles. The van der Waals surface area contributed by atoms with Gasteiger partial charge in [0, 0.05) is 12.5 Å². The van der Waals surface area contributed by atoms with Crippen molar-refractivity contribution in [3.05, 3.63) is 35.9 Å². The van der Waals surface area contributed by atoms with E-state index in [0.717, 1.165) is 18.4 Å². The molecular weight excluding hydrogens is 328 g/mol. The highest BCUT2D eigenvalue weighted by Crippen LogP contribution is 2.51. The third-order valence-corrected chi connectivity index (χ3v) is 5.50. The molecule has 3 rings (SSSR count). The van der Waals surface area contributed by atoms with Crippen molar-refractivity contribution < 1.29 is 14.3 Å². The number of nitrogens with zero attached hydrogens (tertiary/aromatic N) is 1. The van der Waals surface area contributed by atoms with Crippen LogP contribution in [0.5, 0.6) is 0 Å². The highest BCUT2D eigenvalue weighted by molar-refractivity contribution is 5.89. The maximum Gasteiger partial charge on any atom is 0.408 e. The minimum absolute atomic E-state index is 0.0101. The molecule has 2 amide bonds. The molecule has 5 nitrogen and oxygen atoms in total. The van der Waals surface area contributed by atoms with E-state index in [4.69, 9.17) is 4.74 Å². The topological polar surface area (TPSA) is 58.6 Å². The van der Waals surface area contributed by atoms with Gasteiger partial charge in [-0.05, 0) is 45.1 Å². The van der Waals surface area contributed by atoms with Gasteiger partial charge in [0.05, 0.1) is 5.54 Å². The summed E-state index contributed by atoms with van der Waals surface area (Å²) in [5.74, 6) is 0.390. The Balaban J connectivity index is 1.89. The average Bonchev–Trinajstić information content (AvgIpc) is 3.04. The number of hydrogen-bond acceptors (Lipinski definition) is 3. The van der Waals surface area contributed by atoms with E-state index in [1.165, 1.54) is 0 Å². The fourth-order valence-corrected chi connectivity index (χ4v) is 4.47. The predicted octanol–water partition coefficient (Wildman–Crippen LogP) is 3.83. The van der Waals surface area contributed by atoms with Crippen molar-refractivity contribution >= 4 is 12.0 Å². The van der Waals surface area contributed by atoms with Crippen LogP contribution in [0.3, 0.4) is 0 Å². The van der Waals surface area contributed by atoms with Gasteiger partial charge in [-0.25, -0.2) is 4.79 Å². The third kappa shape index (κ3) is 3.31. The molecular formula is C21H30N2O3. The van der Waals surface area contributed by atoms with Crippen LogP contribution < -0.4 is 5.32 Å². The van der Waals surface area contributed by atoms with Gasteiger partial charge >= 0.3 is 6.09 Å². The standard InChI is InChI=1S/C21H30N2O3/c1-14(2)17-11-12-21(15-9-7-6-8-10-15)13-16(18(24)23(17)21)22-19(25)26-20(3,4)5/h6-10,14,16-17H,11-13H2,1-5H3,(H,22,25)/t16-,17+,21+/m1/s1. The lowest BCUT2D eigenvalue weighted by atomic mass is 9.85. The van der Waals surface area contributed by atoms with Gasteiger partial charge in [-0.2, -0.15) is 0 Å². The van der Waals surface area contributed by atoms with Crippen LogP contribution in [-0.2, 0) is 15.1 Å². The number of benzene rings is 1. The molecule has 0 bridgehead atoms. The second kappa shape index (κ2) is 6.60. The lowest BCUT2D eigenvalue weighted by Gasteiger charge is -2.36. The van der Waals surface area contributed by atoms with Gasteiger partial charge in [0.2, 0.25) is 5.91 Å². The van der Waals surface area contributed by atoms with Crippen molar-refractivity contribution in [3.63, 3.8) is 0 Å². The molecule has 1 aromatic carbocycles. The summed E-state index contributed by atoms with van der Waals surface area (Å²) in [6.45, 7) is 9.78. The lowest BCUT2D eigenvalue weighted by Crippen LogP contribution is -2.47. The van der Waals surface area contributed by atoms with Crippen LogP contribution in [0.25, 0.3) is 0 Å². The molecule has 2 fully saturated rings. The molecule has 2 saturated heterocycles. The molecule has 1 N–H and O–H groups in total. The Morgan fingerprint density at radius 2 is 1.92 bits per heavy atom. The lowest BCUT2D eigenvalue weighted by molar-refractivity contribution is -0.134. The summed E-state index contributed by atoms with van der Waals surface area (Å²) < 4.78 is 5.36. The molecule has 2 aliphatic heterocycles. The number of carbonyl (C=O) groups is 2. The molecule has 0 unspecified atom stereocenters. The maximum atomic E-state index is 13.2. The molecule has 1 aromatic rings. The first kappa shape index (κ1) is 18.7. The first-order valence-corrected chi connectivity index (χ1v) is 9.52. The van der Waals surface area contributed by atoms with Gasteiger partial charge < -0.3 is 15.0 Å². The molecule has 142 valence electrons. The summed E-state index contributed by atoms with van der Waals surface area (Å²) in [5, 5.41) is 2.82. The Morgan fingerprint density at radius 3 is 2.50 bits per heavy atom. The fourth-order valence-electron chi connectivity index (χ4n) is 4.47. The molecule has 2 heterocycles. The van der Waals surface area contributed by atoms with Gasteiger partial charge in [0.25, 0.3) is 0 Å². The first-order chi connectivity index (χ1) is 12.1. The van der Waals surface area contributed by atoms with Crippen LogP contribution in [0.15, 0.2) is 30.3 Å². The largest absolute Gasteiger partial charge is 0.444 e. The third-order valence-electron chi connectivity index (χ3n) is 5.50. The Morgan fingerprint density at radius 1 is 1.27 bits per heavy atom. The second-order valence-corrected chi connectivity index (χ2v) is 8.86. The highest BCUT2D eigenvalue weighted by atomic mass is 16.6. The number of fused-ring (bicyclic) bond motifs is 1. The predicted molar refractivity (Wildman–Crippen MR) is 101 cm³/mol. The number of ether oxygens (including phenoxy) is 1. The second-order valence-electron chi connectivity index (χ2n) is 8.86. The van der Waals surface area contributed by atoms with Crippen molar-refractivity contribution in [2.75, 3.05) is 0 Å². The van der Waals surface area contributed by atoms with Gasteiger partial charge in [-0.1, -0.05) is 44.2 Å². The number of rotatable bonds is 3. The van der Waals surface area contributed by atoms with E-state index in [1.807, 2.05) is 39.0 Å². The molecule has 0 spiro atoms. The van der Waals surface area contributed by atoms with E-state index in [9.17, 15) is 9.59 Å². The quantitative estimate of drug-likeness (QED) is 0.893. The van der Waals surface area contributed by atoms with Gasteiger partial charge in [0.15, 0.2) is 0 Å². The summed E-state index contributed by atoms with van der Waals surface area (Å²) >= 11 is 0. The highest BCUT2D eigenvalue weighted by Gasteiger charge is 2.58. The zero-order valence-electron chi connectivity index (χ0n) is 16.4. The minimum atomic E-state index is -0.584. The summed E-state index contributed by atoms with van der Waals surface area (Å²) in [4.78, 5) is 27.5. The zero-order valence-corrected chi connectivity index (χ0v) is 16.4. The fraction of sp³-hybridized carbons (Fsp3) is 0.619. The van der Waals surface area contributed by atoms with Gasteiger partial charge in [-0.3, -0.25) is 4.79 Å². The summed E-state index contributed by atoms with van der Waals surface area (Å²) in [7, 11) is 0. The summed E-state index contributed by atoms with van der Waals surface area (Å²) in [6, 6.07) is 9.89. The van der Waals surface area contributed by atoms with Crippen LogP contribution in [0.2, 0.25) is 0 Å². The molecule has 26 heavy (non-hydrogen) atoms. The van der Waals surface area contributed by atoms with Gasteiger partial charge in [0.1, 0.15) is 11.6 Å². The molecule has 0 aromatic heterocycles. The van der Waals surface area contributed by atoms with E-state index in [0.29, 0.717) is 12.3 Å². The normalized spacial score (nSPS) is 28.4. The minimum Gasteiger partial charge on any atom is -0.444 e. The number of alkyl carbamates (subject to hydrolysis) is 1. The van der Waals surface area contributed by atoms with Crippen molar-refractivity contribution in [2.24, 2.45) is 5.92 Å². The Hall–Kier alpha value is -2.04. The van der Waals surface area contributed by atoms with Crippen LogP contribution in [-0.4, -0.2) is 34.6 Å². The van der Waals surface area contributed by atoms with Crippen molar-refractivity contribution in [1.82, 2.24) is 10.2 Å².